The van der Waals surface area contributed by atoms with E-state index in [0.717, 1.165) is 10.7 Å². The number of nitrogens with two attached hydrogens (primary N) is 1. The van der Waals surface area contributed by atoms with Gasteiger partial charge in [-0.2, -0.15) is 0 Å². The summed E-state index contributed by atoms with van der Waals surface area (Å²) in [7, 11) is -2.46. The van der Waals surface area contributed by atoms with Crippen LogP contribution in [0.3, 0.4) is 0 Å². The van der Waals surface area contributed by atoms with Crippen molar-refractivity contribution in [3.8, 4) is 0 Å². The highest BCUT2D eigenvalue weighted by molar-refractivity contribution is 7.49. The van der Waals surface area contributed by atoms with Crippen LogP contribution in [0.15, 0.2) is 29.8 Å². The highest BCUT2D eigenvalue weighted by Crippen LogP contribution is 2.38. The molecular weight excluding hydrogens is 337 g/mol. The molecule has 24 heavy (non-hydrogen) atoms. The van der Waals surface area contributed by atoms with E-state index in [9.17, 15) is 14.3 Å². The second kappa shape index (κ2) is 6.19. The topological polar surface area (TPSA) is 148 Å². The van der Waals surface area contributed by atoms with Crippen LogP contribution < -0.4 is 20.8 Å². The lowest BCUT2D eigenvalue weighted by Crippen LogP contribution is -2.34. The fourth-order valence-corrected chi connectivity index (χ4v) is 3.26. The van der Waals surface area contributed by atoms with Gasteiger partial charge in [0, 0.05) is 18.8 Å². The van der Waals surface area contributed by atoms with Crippen LogP contribution in [-0.2, 0) is 22.7 Å². The molecular formula is C12H16N7O4P. The molecule has 1 atom stereocenters. The van der Waals surface area contributed by atoms with Gasteiger partial charge in [-0.3, -0.25) is 23.2 Å². The number of hydrogen-bond acceptors (Lipinski definition) is 7. The van der Waals surface area contributed by atoms with Gasteiger partial charge in [0.15, 0.2) is 6.33 Å². The molecule has 11 nitrogen and oxygen atoms in total. The van der Waals surface area contributed by atoms with E-state index in [2.05, 4.69) is 15.0 Å². The number of nitrogen functional groups attached to an aromatic ring is 1. The normalized spacial score (nSPS) is 14.1. The first-order valence-corrected chi connectivity index (χ1v) is 8.57. The zero-order valence-electron chi connectivity index (χ0n) is 12.8. The maximum absolute atomic E-state index is 11.9. The smallest absolute Gasteiger partial charge is 0.311 e. The third-order valence-corrected chi connectivity index (χ3v) is 4.71. The largest absolute Gasteiger partial charge is 0.761 e. The number of imidazole rings is 2. The van der Waals surface area contributed by atoms with Gasteiger partial charge in [-0.05, 0) is 0 Å². The van der Waals surface area contributed by atoms with E-state index in [4.69, 9.17) is 10.3 Å². The van der Waals surface area contributed by atoms with Gasteiger partial charge in [0.1, 0.15) is 6.33 Å². The second-order valence-corrected chi connectivity index (χ2v) is 6.80. The number of nitrogens with zero attached hydrogens (tertiary/aromatic N) is 5. The molecule has 0 aliphatic rings. The van der Waals surface area contributed by atoms with Gasteiger partial charge in [-0.25, -0.2) is 9.55 Å². The summed E-state index contributed by atoms with van der Waals surface area (Å²) in [6, 6.07) is 0. The van der Waals surface area contributed by atoms with Gasteiger partial charge in [0.2, 0.25) is 13.3 Å². The molecule has 3 heterocycles. The number of hydrogen-bond donors (Lipinski definition) is 2. The molecule has 3 rings (SSSR count). The highest BCUT2D eigenvalue weighted by Gasteiger charge is 2.19. The van der Waals surface area contributed by atoms with E-state index in [1.54, 1.807) is 22.5 Å². The van der Waals surface area contributed by atoms with Crippen LogP contribution in [0.4, 0.5) is 5.95 Å². The fraction of sp³-hybridized carbons (Fsp3) is 0.333. The predicted molar refractivity (Wildman–Crippen MR) is 81.7 cm³/mol. The number of rotatable bonds is 6. The average Bonchev–Trinajstić information content (AvgIpc) is 3.13. The molecule has 3 aromatic rings. The minimum Gasteiger partial charge on any atom is -0.761 e. The van der Waals surface area contributed by atoms with Gasteiger partial charge in [-0.1, -0.05) is 4.98 Å². The molecule has 1 unspecified atom stereocenters. The lowest BCUT2D eigenvalue weighted by Gasteiger charge is -2.23. The molecule has 0 radical (unpaired) electrons. The summed E-state index contributed by atoms with van der Waals surface area (Å²) >= 11 is 0. The van der Waals surface area contributed by atoms with E-state index < -0.39 is 7.75 Å². The lowest BCUT2D eigenvalue weighted by molar-refractivity contribution is -0.674. The number of aryl methyl sites for hydroxylation is 2. The van der Waals surface area contributed by atoms with Crippen molar-refractivity contribution in [2.45, 2.75) is 13.0 Å². The molecule has 0 fully saturated rings. The molecule has 0 saturated heterocycles. The van der Waals surface area contributed by atoms with E-state index in [-0.39, 0.29) is 18.1 Å². The molecule has 3 aromatic heterocycles. The Kier molecular flexibility index (Phi) is 4.22. The SMILES string of the molecule is Cn1c[n+](CCCOP(=O)([O-])n2ccnc2)c2nc(N)[nH]c(=O)c21. The Morgan fingerprint density at radius 3 is 3.04 bits per heavy atom. The van der Waals surface area contributed by atoms with E-state index >= 15 is 0 Å². The summed E-state index contributed by atoms with van der Waals surface area (Å²) in [6.07, 6.45) is 5.91. The number of H-pyrrole nitrogens is 1. The van der Waals surface area contributed by atoms with Gasteiger partial charge >= 0.3 is 5.65 Å². The average molecular weight is 353 g/mol. The van der Waals surface area contributed by atoms with Crippen LogP contribution in [0.1, 0.15) is 6.42 Å². The quantitative estimate of drug-likeness (QED) is 0.320. The van der Waals surface area contributed by atoms with Crippen molar-refractivity contribution in [1.82, 2.24) is 23.9 Å². The van der Waals surface area contributed by atoms with Crippen molar-refractivity contribution in [2.75, 3.05) is 12.3 Å². The standard InChI is InChI=1S/C12H16N7O4P/c1-17-8-18(10-9(17)11(20)16-12(13)15-10)4-2-6-23-24(21,22)19-5-3-14-7-19/h3,5,7-8H,2,4,6H2,1H3,(H3-,13,15,16,20,21,22). The molecule has 0 spiro atoms. The second-order valence-electron chi connectivity index (χ2n) is 5.14. The Labute approximate surface area is 135 Å². The molecule has 0 aliphatic carbocycles. The number of aromatic amines is 1. The number of aromatic nitrogens is 6. The van der Waals surface area contributed by atoms with E-state index in [0.29, 0.717) is 24.1 Å². The van der Waals surface area contributed by atoms with Crippen LogP contribution in [0.5, 0.6) is 0 Å². The first kappa shape index (κ1) is 16.4. The van der Waals surface area contributed by atoms with Crippen molar-refractivity contribution in [1.29, 1.82) is 0 Å². The van der Waals surface area contributed by atoms with Crippen LogP contribution in [0.2, 0.25) is 0 Å². The first-order valence-electron chi connectivity index (χ1n) is 7.07. The van der Waals surface area contributed by atoms with Crippen molar-refractivity contribution in [2.24, 2.45) is 7.05 Å². The Morgan fingerprint density at radius 2 is 2.33 bits per heavy atom. The molecule has 0 aromatic carbocycles. The van der Waals surface area contributed by atoms with Gasteiger partial charge in [0.05, 0.1) is 20.2 Å². The summed E-state index contributed by atoms with van der Waals surface area (Å²) in [4.78, 5) is 34.0. The highest BCUT2D eigenvalue weighted by atomic mass is 31.2. The minimum absolute atomic E-state index is 0.0129. The maximum Gasteiger partial charge on any atom is 0.311 e. The summed E-state index contributed by atoms with van der Waals surface area (Å²) < 4.78 is 21.1. The van der Waals surface area contributed by atoms with Crippen LogP contribution >= 0.6 is 7.75 Å². The van der Waals surface area contributed by atoms with Crippen molar-refractivity contribution < 1.29 is 18.5 Å². The van der Waals surface area contributed by atoms with Crippen molar-refractivity contribution in [3.05, 3.63) is 35.4 Å². The van der Waals surface area contributed by atoms with Gasteiger partial charge < -0.3 is 15.2 Å². The Morgan fingerprint density at radius 1 is 1.54 bits per heavy atom. The van der Waals surface area contributed by atoms with Crippen LogP contribution in [-0.4, -0.2) is 30.5 Å². The Hall–Kier alpha value is -2.49. The minimum atomic E-state index is -4.18. The summed E-state index contributed by atoms with van der Waals surface area (Å²) in [5.41, 5.74) is 6.05. The predicted octanol–water partition coefficient (Wildman–Crippen LogP) is -1.25. The van der Waals surface area contributed by atoms with Crippen LogP contribution in [0, 0.1) is 0 Å². The monoisotopic (exact) mass is 353 g/mol. The van der Waals surface area contributed by atoms with E-state index in [1.165, 1.54) is 12.4 Å². The van der Waals surface area contributed by atoms with E-state index in [1.807, 2.05) is 0 Å². The van der Waals surface area contributed by atoms with Crippen LogP contribution in [0.25, 0.3) is 11.2 Å². The summed E-state index contributed by atoms with van der Waals surface area (Å²) in [5, 5.41) is 0. The number of nitrogens with one attached hydrogen (secondary N) is 1. The third-order valence-electron chi connectivity index (χ3n) is 3.40. The molecule has 12 heteroatoms. The lowest BCUT2D eigenvalue weighted by atomic mass is 10.4. The Bertz CT molecular complexity index is 962. The third kappa shape index (κ3) is 3.09. The number of anilines is 1. The molecule has 0 amide bonds. The molecule has 3 N–H and O–H groups in total. The summed E-state index contributed by atoms with van der Waals surface area (Å²) in [6.45, 7) is 0.401. The summed E-state index contributed by atoms with van der Waals surface area (Å²) in [5.74, 6) is 0.0212. The molecule has 128 valence electrons. The fourth-order valence-electron chi connectivity index (χ4n) is 2.35. The maximum atomic E-state index is 11.9. The Balaban J connectivity index is 1.69. The zero-order valence-corrected chi connectivity index (χ0v) is 13.7. The molecule has 0 aliphatic heterocycles. The van der Waals surface area contributed by atoms with Crippen molar-refractivity contribution >= 4 is 24.9 Å². The van der Waals surface area contributed by atoms with Gasteiger partial charge in [0.25, 0.3) is 11.5 Å². The molecule has 0 bridgehead atoms. The zero-order chi connectivity index (χ0) is 17.3. The van der Waals surface area contributed by atoms with Gasteiger partial charge in [-0.15, -0.1) is 0 Å². The first-order chi connectivity index (χ1) is 11.4. The number of fused-ring (bicyclic) bond motifs is 1. The van der Waals surface area contributed by atoms with Crippen molar-refractivity contribution in [3.63, 3.8) is 0 Å². The molecule has 0 saturated carbocycles.